The molecule has 3 radical (unpaired) electrons. The van der Waals surface area contributed by atoms with E-state index < -0.39 is 6.10 Å². The Morgan fingerprint density at radius 3 is 2.63 bits per heavy atom. The minimum atomic E-state index is -0.616. The Labute approximate surface area is 258 Å². The molecule has 8 rings (SSSR count). The molecule has 0 bridgehead atoms. The van der Waals surface area contributed by atoms with Gasteiger partial charge in [-0.3, -0.25) is 4.79 Å². The summed E-state index contributed by atoms with van der Waals surface area (Å²) in [6.07, 6.45) is 12.6. The molecule has 0 aromatic rings. The van der Waals surface area contributed by atoms with Crippen LogP contribution in [-0.4, -0.2) is 65.8 Å². The summed E-state index contributed by atoms with van der Waals surface area (Å²) in [6, 6.07) is 0. The van der Waals surface area contributed by atoms with Gasteiger partial charge in [-0.2, -0.15) is 0 Å². The number of ether oxygens (including phenoxy) is 3. The Morgan fingerprint density at radius 2 is 1.88 bits per heavy atom. The van der Waals surface area contributed by atoms with E-state index in [4.69, 9.17) is 14.2 Å². The Morgan fingerprint density at radius 1 is 1.09 bits per heavy atom. The fourth-order valence-electron chi connectivity index (χ4n) is 12.6. The number of carbonyl (C=O) groups excluding carboxylic acids is 1. The number of aliphatic hydroxyl groups excluding tert-OH is 2. The van der Waals surface area contributed by atoms with Gasteiger partial charge in [0.2, 0.25) is 5.91 Å². The maximum absolute atomic E-state index is 12.8. The van der Waals surface area contributed by atoms with Crippen LogP contribution >= 0.6 is 0 Å². The summed E-state index contributed by atoms with van der Waals surface area (Å²) < 4.78 is 19.2. The van der Waals surface area contributed by atoms with Gasteiger partial charge in [0.25, 0.3) is 0 Å². The van der Waals surface area contributed by atoms with Crippen molar-refractivity contribution < 1.29 is 29.2 Å². The lowest BCUT2D eigenvalue weighted by Gasteiger charge is -2.63. The first kappa shape index (κ1) is 29.7. The van der Waals surface area contributed by atoms with Crippen molar-refractivity contribution in [1.29, 1.82) is 0 Å². The fourth-order valence-corrected chi connectivity index (χ4v) is 12.6. The second-order valence-electron chi connectivity index (χ2n) is 17.1. The first-order valence-corrected chi connectivity index (χ1v) is 17.5. The normalized spacial score (nSPS) is 51.2. The van der Waals surface area contributed by atoms with Crippen molar-refractivity contribution in [3.05, 3.63) is 18.1 Å². The number of carbonyl (C=O) groups is 1. The number of rotatable bonds is 5. The molecule has 0 aromatic heterocycles. The molecule has 43 heavy (non-hydrogen) atoms. The zero-order valence-electron chi connectivity index (χ0n) is 27.1. The van der Waals surface area contributed by atoms with Gasteiger partial charge in [0.15, 0.2) is 6.29 Å². The summed E-state index contributed by atoms with van der Waals surface area (Å²) in [5.74, 6) is 3.67. The van der Waals surface area contributed by atoms with Gasteiger partial charge in [-0.05, 0) is 110 Å². The fraction of sp³-hybridized carbons (Fsp3) is 0.889. The molecule has 2 aliphatic heterocycles. The highest BCUT2D eigenvalue weighted by atomic mass is 16.7. The Kier molecular flexibility index (Phi) is 6.66. The first-order chi connectivity index (χ1) is 20.4. The molecule has 2 heterocycles. The molecule has 7 heteroatoms. The highest BCUT2D eigenvalue weighted by Gasteiger charge is 2.85. The zero-order valence-corrected chi connectivity index (χ0v) is 27.1. The molecule has 10 atom stereocenters. The Balaban J connectivity index is 1.01. The molecule has 6 saturated carbocycles. The molecule has 6 aliphatic carbocycles. The number of amides is 1. The predicted molar refractivity (Wildman–Crippen MR) is 160 cm³/mol. The smallest absolute Gasteiger partial charge is 0.223 e. The van der Waals surface area contributed by atoms with Gasteiger partial charge < -0.3 is 29.3 Å². The number of morpholine rings is 1. The third-order valence-corrected chi connectivity index (χ3v) is 15.1. The quantitative estimate of drug-likeness (QED) is 0.439. The van der Waals surface area contributed by atoms with E-state index in [1.165, 1.54) is 32.1 Å². The minimum absolute atomic E-state index is 0.0121. The highest BCUT2D eigenvalue weighted by Crippen LogP contribution is 2.90. The van der Waals surface area contributed by atoms with Gasteiger partial charge in [-0.1, -0.05) is 34.6 Å². The van der Waals surface area contributed by atoms with Crippen molar-refractivity contribution in [3.63, 3.8) is 0 Å². The third kappa shape index (κ3) is 3.87. The van der Waals surface area contributed by atoms with E-state index in [1.54, 1.807) is 5.92 Å². The zero-order chi connectivity index (χ0) is 30.2. The van der Waals surface area contributed by atoms with E-state index >= 15 is 0 Å². The summed E-state index contributed by atoms with van der Waals surface area (Å²) in [5, 5.41) is 22.1. The number of aliphatic hydroxyl groups is 2. The molecule has 2 saturated heterocycles. The second-order valence-corrected chi connectivity index (χ2v) is 17.1. The van der Waals surface area contributed by atoms with Crippen molar-refractivity contribution in [2.24, 2.45) is 50.7 Å². The summed E-state index contributed by atoms with van der Waals surface area (Å²) in [4.78, 5) is 14.8. The predicted octanol–water partition coefficient (Wildman–Crippen LogP) is 5.45. The molecule has 0 unspecified atom stereocenters. The molecule has 239 valence electrons. The van der Waals surface area contributed by atoms with Crippen LogP contribution in [0.4, 0.5) is 0 Å². The Hall–Kier alpha value is -0.730. The molecule has 2 N–H and O–H groups in total. The van der Waals surface area contributed by atoms with Crippen LogP contribution in [0, 0.1) is 68.9 Å². The summed E-state index contributed by atoms with van der Waals surface area (Å²) in [6.45, 7) is 13.7. The molecule has 8 fully saturated rings. The molecular formula is C36H54NO6. The van der Waals surface area contributed by atoms with Crippen LogP contribution in [0.15, 0.2) is 0 Å². The van der Waals surface area contributed by atoms with E-state index in [9.17, 15) is 15.0 Å². The SMILES string of the molecule is C[C@@H]1C[C](CO)O[C]2[C@H]1[C@@]1(C)CC[C@@]34C[C@@]35CC[C@H](O[C@H]3CN(C(=O)CC6CC6)CCO3)C(C)(C)[C@@H]5CC[C]4[C@]1(C)[C@H]2O. The van der Waals surface area contributed by atoms with Gasteiger partial charge in [0.1, 0.15) is 12.2 Å². The average molecular weight is 597 g/mol. The van der Waals surface area contributed by atoms with Crippen molar-refractivity contribution in [3.8, 4) is 0 Å². The summed E-state index contributed by atoms with van der Waals surface area (Å²) in [5.41, 5.74) is 0.180. The van der Waals surface area contributed by atoms with Crippen molar-refractivity contribution >= 4 is 5.91 Å². The van der Waals surface area contributed by atoms with Crippen LogP contribution in [0.5, 0.6) is 0 Å². The largest absolute Gasteiger partial charge is 0.393 e. The van der Waals surface area contributed by atoms with Crippen molar-refractivity contribution in [2.75, 3.05) is 26.3 Å². The van der Waals surface area contributed by atoms with E-state index in [1.807, 2.05) is 4.90 Å². The van der Waals surface area contributed by atoms with Gasteiger partial charge in [-0.25, -0.2) is 0 Å². The third-order valence-electron chi connectivity index (χ3n) is 15.1. The topological polar surface area (TPSA) is 88.5 Å². The van der Waals surface area contributed by atoms with Crippen LogP contribution in [-0.2, 0) is 19.0 Å². The monoisotopic (exact) mass is 596 g/mol. The van der Waals surface area contributed by atoms with Gasteiger partial charge in [0.05, 0.1) is 32.0 Å². The Bertz CT molecular complexity index is 1140. The van der Waals surface area contributed by atoms with E-state index in [-0.39, 0.29) is 52.5 Å². The van der Waals surface area contributed by atoms with Crippen LogP contribution in [0.2, 0.25) is 0 Å². The second kappa shape index (κ2) is 9.65. The standard InChI is InChI=1S/C36H54NO6/c1-21-16-23(19-38)42-30-29(21)33(4)12-13-36-20-35(36)11-10-26(32(2,3)24(35)8-9-25(36)34(33,5)31(30)40)43-28-18-37(14-15-41-28)27(39)17-22-6-7-22/h21-22,24,26,28-29,31,38,40H,6-20H2,1-5H3/t21-,24+,26+,28+,29+,31+,33-,34-,35-,36+/m1/s1. The van der Waals surface area contributed by atoms with E-state index in [0.717, 1.165) is 38.2 Å². The highest BCUT2D eigenvalue weighted by molar-refractivity contribution is 5.76. The number of nitrogens with zero attached hydrogens (tertiary/aromatic N) is 1. The van der Waals surface area contributed by atoms with Crippen molar-refractivity contribution in [1.82, 2.24) is 4.90 Å². The maximum atomic E-state index is 12.8. The maximum Gasteiger partial charge on any atom is 0.223 e. The average Bonchev–Trinajstić information content (AvgIpc) is 3.90. The number of hydrogen-bond acceptors (Lipinski definition) is 6. The molecule has 1 amide bonds. The van der Waals surface area contributed by atoms with Gasteiger partial charge >= 0.3 is 0 Å². The molecule has 2 spiro atoms. The number of fused-ring (bicyclic) bond motifs is 4. The lowest BCUT2D eigenvalue weighted by Crippen LogP contribution is -2.59. The first-order valence-electron chi connectivity index (χ1n) is 17.5. The van der Waals surface area contributed by atoms with E-state index in [2.05, 4.69) is 34.6 Å². The van der Waals surface area contributed by atoms with Crippen molar-refractivity contribution in [2.45, 2.75) is 124 Å². The van der Waals surface area contributed by atoms with Gasteiger partial charge in [-0.15, -0.1) is 0 Å². The molecule has 0 aromatic carbocycles. The lowest BCUT2D eigenvalue weighted by molar-refractivity contribution is -0.242. The summed E-state index contributed by atoms with van der Waals surface area (Å²) in [7, 11) is 0. The minimum Gasteiger partial charge on any atom is -0.393 e. The lowest BCUT2D eigenvalue weighted by atomic mass is 9.41. The van der Waals surface area contributed by atoms with E-state index in [0.29, 0.717) is 55.4 Å². The molecular weight excluding hydrogens is 542 g/mol. The molecule has 8 aliphatic rings. The van der Waals surface area contributed by atoms with Gasteiger partial charge in [0, 0.05) is 24.3 Å². The van der Waals surface area contributed by atoms with Crippen LogP contribution in [0.25, 0.3) is 0 Å². The number of hydrogen-bond donors (Lipinski definition) is 2. The van der Waals surface area contributed by atoms with Crippen LogP contribution < -0.4 is 0 Å². The van der Waals surface area contributed by atoms with Crippen LogP contribution in [0.1, 0.15) is 105 Å². The van der Waals surface area contributed by atoms with Crippen LogP contribution in [0.3, 0.4) is 0 Å². The summed E-state index contributed by atoms with van der Waals surface area (Å²) >= 11 is 0. The molecule has 7 nitrogen and oxygen atoms in total.